The Hall–Kier alpha value is -2.48. The molecule has 0 spiro atoms. The van der Waals surface area contributed by atoms with Crippen LogP contribution in [0.3, 0.4) is 0 Å². The van der Waals surface area contributed by atoms with Crippen LogP contribution in [0, 0.1) is 0 Å². The minimum Gasteiger partial charge on any atom is -0.488 e. The Kier molecular flexibility index (Phi) is 6.75. The van der Waals surface area contributed by atoms with Crippen LogP contribution in [0.4, 0.5) is 4.39 Å². The third-order valence-electron chi connectivity index (χ3n) is 5.21. The summed E-state index contributed by atoms with van der Waals surface area (Å²) in [6, 6.07) is 15.3. The molecule has 5 rings (SSSR count). The second-order valence-electron chi connectivity index (χ2n) is 7.17. The Morgan fingerprint density at radius 3 is 2.67 bits per heavy atom. The highest BCUT2D eigenvalue weighted by molar-refractivity contribution is 5.86. The van der Waals surface area contributed by atoms with Gasteiger partial charge in [-0.1, -0.05) is 24.3 Å². The van der Waals surface area contributed by atoms with Gasteiger partial charge in [0, 0.05) is 11.6 Å². The van der Waals surface area contributed by atoms with Crippen LogP contribution in [0.25, 0.3) is 28.1 Å². The van der Waals surface area contributed by atoms with Crippen LogP contribution < -0.4 is 10.1 Å². The number of hydrogen-bond acceptors (Lipinski definition) is 5. The van der Waals surface area contributed by atoms with E-state index in [-0.39, 0.29) is 31.4 Å². The maximum Gasteiger partial charge on any atom is 0.187 e. The molecule has 0 amide bonds. The number of fused-ring (bicyclic) bond motifs is 2. The molecule has 4 heterocycles. The second-order valence-corrected chi connectivity index (χ2v) is 7.17. The number of benzene rings is 1. The van der Waals surface area contributed by atoms with Crippen LogP contribution in [0.5, 0.6) is 5.75 Å². The second kappa shape index (κ2) is 9.12. The first-order chi connectivity index (χ1) is 13.7. The molecule has 0 bridgehead atoms. The molecule has 30 heavy (non-hydrogen) atoms. The van der Waals surface area contributed by atoms with Gasteiger partial charge in [0.2, 0.25) is 0 Å². The zero-order valence-electron chi connectivity index (χ0n) is 16.1. The maximum absolute atomic E-state index is 14.9. The van der Waals surface area contributed by atoms with Crippen LogP contribution in [-0.4, -0.2) is 44.9 Å². The van der Waals surface area contributed by atoms with Crippen molar-refractivity contribution in [1.29, 1.82) is 0 Å². The predicted octanol–water partition coefficient (Wildman–Crippen LogP) is 4.26. The van der Waals surface area contributed by atoms with E-state index in [1.54, 1.807) is 0 Å². The number of hydrogen-bond donors (Lipinski definition) is 1. The lowest BCUT2D eigenvalue weighted by atomic mass is 9.95. The van der Waals surface area contributed by atoms with E-state index in [0.29, 0.717) is 48.7 Å². The third-order valence-corrected chi connectivity index (χ3v) is 5.21. The van der Waals surface area contributed by atoms with Gasteiger partial charge in [0.05, 0.1) is 0 Å². The molecular weight excluding hydrogens is 428 g/mol. The summed E-state index contributed by atoms with van der Waals surface area (Å²) in [5, 5.41) is 12.6. The molecule has 0 aliphatic carbocycles. The van der Waals surface area contributed by atoms with Gasteiger partial charge < -0.3 is 10.1 Å². The quantitative estimate of drug-likeness (QED) is 0.504. The van der Waals surface area contributed by atoms with E-state index in [1.807, 2.05) is 59.1 Å². The number of halogens is 3. The molecule has 0 atom stereocenters. The normalized spacial score (nSPS) is 15.4. The van der Waals surface area contributed by atoms with Crippen molar-refractivity contribution < 1.29 is 9.13 Å². The third kappa shape index (κ3) is 4.19. The highest BCUT2D eigenvalue weighted by atomic mass is 35.5. The van der Waals surface area contributed by atoms with Crippen molar-refractivity contribution in [3.63, 3.8) is 0 Å². The van der Waals surface area contributed by atoms with Gasteiger partial charge in [0.25, 0.3) is 0 Å². The van der Waals surface area contributed by atoms with E-state index in [4.69, 9.17) is 9.72 Å². The molecule has 1 fully saturated rings. The number of piperidine rings is 1. The zero-order chi connectivity index (χ0) is 19.0. The topological polar surface area (TPSA) is 64.3 Å². The molecule has 4 aromatic rings. The Morgan fingerprint density at radius 2 is 1.83 bits per heavy atom. The summed E-state index contributed by atoms with van der Waals surface area (Å²) in [6.07, 6.45) is 2.83. The first-order valence-electron chi connectivity index (χ1n) is 9.44. The van der Waals surface area contributed by atoms with Gasteiger partial charge in [0.1, 0.15) is 29.2 Å². The number of nitrogens with one attached hydrogen (secondary N) is 1. The Morgan fingerprint density at radius 1 is 1.00 bits per heavy atom. The molecule has 1 aliphatic heterocycles. The smallest absolute Gasteiger partial charge is 0.187 e. The summed E-state index contributed by atoms with van der Waals surface area (Å²) >= 11 is 0. The largest absolute Gasteiger partial charge is 0.488 e. The number of alkyl halides is 1. The van der Waals surface area contributed by atoms with Gasteiger partial charge in [0.15, 0.2) is 11.5 Å². The van der Waals surface area contributed by atoms with E-state index in [9.17, 15) is 4.39 Å². The van der Waals surface area contributed by atoms with Gasteiger partial charge in [-0.2, -0.15) is 0 Å². The summed E-state index contributed by atoms with van der Waals surface area (Å²) in [7, 11) is 0. The highest BCUT2D eigenvalue weighted by Gasteiger charge is 2.32. The van der Waals surface area contributed by atoms with Crippen molar-refractivity contribution in [1.82, 2.24) is 24.9 Å². The lowest BCUT2D eigenvalue weighted by Gasteiger charge is -2.29. The maximum atomic E-state index is 14.9. The van der Waals surface area contributed by atoms with Crippen molar-refractivity contribution in [3.05, 3.63) is 54.7 Å². The molecule has 9 heteroatoms. The predicted molar refractivity (Wildman–Crippen MR) is 120 cm³/mol. The number of pyridine rings is 2. The first kappa shape index (κ1) is 22.2. The SMILES string of the molecule is Cl.Cl.FC1(COc2cccc3ccc(-c4nnc5ccccn45)nc23)CCNCC1. The minimum absolute atomic E-state index is 0. The molecule has 0 radical (unpaired) electrons. The first-order valence-corrected chi connectivity index (χ1v) is 9.44. The van der Waals surface area contributed by atoms with Gasteiger partial charge in [-0.3, -0.25) is 4.40 Å². The molecule has 1 saturated heterocycles. The van der Waals surface area contributed by atoms with Gasteiger partial charge in [-0.25, -0.2) is 9.37 Å². The average molecular weight is 450 g/mol. The molecule has 6 nitrogen and oxygen atoms in total. The molecule has 0 saturated carbocycles. The van der Waals surface area contributed by atoms with Crippen LogP contribution >= 0.6 is 24.8 Å². The molecular formula is C21H22Cl2FN5O. The zero-order valence-corrected chi connectivity index (χ0v) is 17.8. The molecule has 1 aromatic carbocycles. The van der Waals surface area contributed by atoms with Crippen LogP contribution in [-0.2, 0) is 0 Å². The number of ether oxygens (including phenoxy) is 1. The van der Waals surface area contributed by atoms with Gasteiger partial charge >= 0.3 is 0 Å². The average Bonchev–Trinajstić information content (AvgIpc) is 3.17. The minimum atomic E-state index is -1.30. The summed E-state index contributed by atoms with van der Waals surface area (Å²) in [5.74, 6) is 1.25. The fourth-order valence-electron chi connectivity index (χ4n) is 3.60. The fourth-order valence-corrected chi connectivity index (χ4v) is 3.60. The van der Waals surface area contributed by atoms with Crippen molar-refractivity contribution in [3.8, 4) is 17.3 Å². The fraction of sp³-hybridized carbons (Fsp3) is 0.286. The van der Waals surface area contributed by atoms with Gasteiger partial charge in [-0.05, 0) is 50.2 Å². The van der Waals surface area contributed by atoms with Crippen LogP contribution in [0.2, 0.25) is 0 Å². The van der Waals surface area contributed by atoms with E-state index in [1.165, 1.54) is 0 Å². The number of rotatable bonds is 4. The van der Waals surface area contributed by atoms with Crippen LogP contribution in [0.1, 0.15) is 12.8 Å². The van der Waals surface area contributed by atoms with E-state index >= 15 is 0 Å². The van der Waals surface area contributed by atoms with Crippen molar-refractivity contribution in [2.24, 2.45) is 0 Å². The number of para-hydroxylation sites is 1. The highest BCUT2D eigenvalue weighted by Crippen LogP contribution is 2.30. The Labute approximate surface area is 185 Å². The Balaban J connectivity index is 0.00000128. The number of nitrogens with zero attached hydrogens (tertiary/aromatic N) is 4. The molecule has 3 aromatic heterocycles. The summed E-state index contributed by atoms with van der Waals surface area (Å²) in [4.78, 5) is 4.77. The molecule has 0 unspecified atom stereocenters. The number of aromatic nitrogens is 4. The lowest BCUT2D eigenvalue weighted by molar-refractivity contribution is 0.0545. The van der Waals surface area contributed by atoms with E-state index < -0.39 is 5.67 Å². The van der Waals surface area contributed by atoms with E-state index in [2.05, 4.69) is 15.5 Å². The van der Waals surface area contributed by atoms with Crippen molar-refractivity contribution in [2.75, 3.05) is 19.7 Å². The summed E-state index contributed by atoms with van der Waals surface area (Å²) in [6.45, 7) is 1.39. The van der Waals surface area contributed by atoms with Gasteiger partial charge in [-0.15, -0.1) is 35.0 Å². The molecule has 1 aliphatic rings. The molecule has 158 valence electrons. The van der Waals surface area contributed by atoms with Crippen molar-refractivity contribution >= 4 is 41.4 Å². The lowest BCUT2D eigenvalue weighted by Crippen LogP contribution is -2.42. The standard InChI is InChI=1S/C21H20FN5O.2ClH/c22-21(9-11-23-12-10-21)14-28-17-5-3-4-15-7-8-16(24-19(15)17)20-26-25-18-6-1-2-13-27(18)20;;/h1-8,13,23H,9-12,14H2;2*1H. The Bertz CT molecular complexity index is 1150. The van der Waals surface area contributed by atoms with Crippen molar-refractivity contribution in [2.45, 2.75) is 18.5 Å². The summed E-state index contributed by atoms with van der Waals surface area (Å²) in [5.41, 5.74) is 0.854. The van der Waals surface area contributed by atoms with Crippen LogP contribution in [0.15, 0.2) is 54.7 Å². The molecule has 1 N–H and O–H groups in total. The van der Waals surface area contributed by atoms with E-state index in [0.717, 1.165) is 11.0 Å². The monoisotopic (exact) mass is 449 g/mol. The summed E-state index contributed by atoms with van der Waals surface area (Å²) < 4.78 is 22.7.